The molecule has 0 saturated carbocycles. The zero-order valence-electron chi connectivity index (χ0n) is 20.0. The molecule has 3 aromatic carbocycles. The molecular weight excluding hydrogens is 448 g/mol. The van der Waals surface area contributed by atoms with Crippen LogP contribution in [0.5, 0.6) is 11.5 Å². The van der Waals surface area contributed by atoms with Crippen molar-refractivity contribution in [3.05, 3.63) is 89.2 Å². The maximum atomic E-state index is 14.3. The van der Waals surface area contributed by atoms with E-state index in [2.05, 4.69) is 0 Å². The third kappa shape index (κ3) is 5.82. The van der Waals surface area contributed by atoms with Crippen LogP contribution >= 0.6 is 0 Å². The number of hydrogen-bond acceptors (Lipinski definition) is 5. The Balaban J connectivity index is 1.56. The van der Waals surface area contributed by atoms with Crippen LogP contribution in [0.3, 0.4) is 0 Å². The van der Waals surface area contributed by atoms with Gasteiger partial charge in [0.25, 0.3) is 0 Å². The lowest BCUT2D eigenvalue weighted by Crippen LogP contribution is -2.31. The first-order valence-electron chi connectivity index (χ1n) is 11.6. The van der Waals surface area contributed by atoms with Gasteiger partial charge in [-0.05, 0) is 43.2 Å². The Morgan fingerprint density at radius 3 is 2.63 bits per heavy atom. The second kappa shape index (κ2) is 10.6. The lowest BCUT2D eigenvalue weighted by atomic mass is 9.93. The molecule has 6 nitrogen and oxygen atoms in total. The van der Waals surface area contributed by atoms with Crippen LogP contribution in [0.2, 0.25) is 0 Å². The molecule has 0 radical (unpaired) electrons. The van der Waals surface area contributed by atoms with Crippen molar-refractivity contribution in [1.29, 1.82) is 0 Å². The summed E-state index contributed by atoms with van der Waals surface area (Å²) in [6.07, 6.45) is -0.825. The summed E-state index contributed by atoms with van der Waals surface area (Å²) in [5.41, 5.74) is 3.15. The number of nitrogens with zero attached hydrogens (tertiary/aromatic N) is 1. The maximum absolute atomic E-state index is 14.3. The summed E-state index contributed by atoms with van der Waals surface area (Å²) >= 11 is 0. The summed E-state index contributed by atoms with van der Waals surface area (Å²) < 4.78 is 30.9. The molecule has 0 aliphatic carbocycles. The molecule has 0 unspecified atom stereocenters. The minimum atomic E-state index is -0.516. The summed E-state index contributed by atoms with van der Waals surface area (Å²) in [6.45, 7) is 4.20. The summed E-state index contributed by atoms with van der Waals surface area (Å²) in [4.78, 5) is 26.2. The van der Waals surface area contributed by atoms with E-state index in [1.807, 2.05) is 57.2 Å². The molecule has 0 N–H and O–H groups in total. The molecule has 3 aromatic rings. The quantitative estimate of drug-likeness (QED) is 0.363. The molecule has 2 atom stereocenters. The van der Waals surface area contributed by atoms with Crippen LogP contribution in [0.25, 0.3) is 0 Å². The molecule has 1 aliphatic rings. The normalized spacial score (nSPS) is 17.2. The van der Waals surface area contributed by atoms with E-state index in [0.29, 0.717) is 11.3 Å². The average Bonchev–Trinajstić information content (AvgIpc) is 3.09. The van der Waals surface area contributed by atoms with Crippen LogP contribution in [0.1, 0.15) is 36.6 Å². The van der Waals surface area contributed by atoms with Crippen LogP contribution in [0.15, 0.2) is 66.7 Å². The van der Waals surface area contributed by atoms with E-state index >= 15 is 0 Å². The van der Waals surface area contributed by atoms with E-state index in [0.717, 1.165) is 16.6 Å². The van der Waals surface area contributed by atoms with Crippen LogP contribution in [-0.2, 0) is 27.2 Å². The molecule has 0 spiro atoms. The molecule has 8 heteroatoms. The van der Waals surface area contributed by atoms with Crippen LogP contribution in [0, 0.1) is 5.82 Å². The van der Waals surface area contributed by atoms with E-state index in [9.17, 15) is 14.0 Å². The first-order valence-corrected chi connectivity index (χ1v) is 11.6. The minimum absolute atomic E-state index is 0.0548. The standard InChI is InChI=1S/C27H27BFNO5/c1-3-33-25(31)13-18-11-22(29)15-23(12-18)34-24-10-9-21(28)14-20(24)16-30-17(2)26(35-27(30)32)19-7-5-4-6-8-19/h4-12,14-15,17,26H,3,13,16,28H2,1-2H3/t17-,26-/m0/s1. The van der Waals surface area contributed by atoms with Crippen molar-refractivity contribution in [1.82, 2.24) is 4.90 Å². The van der Waals surface area contributed by atoms with Gasteiger partial charge in [0.15, 0.2) is 0 Å². The Labute approximate surface area is 205 Å². The van der Waals surface area contributed by atoms with Gasteiger partial charge in [0.1, 0.15) is 31.3 Å². The highest BCUT2D eigenvalue weighted by Gasteiger charge is 2.39. The fourth-order valence-corrected chi connectivity index (χ4v) is 4.20. The van der Waals surface area contributed by atoms with E-state index in [1.165, 1.54) is 12.1 Å². The van der Waals surface area contributed by atoms with Gasteiger partial charge in [-0.25, -0.2) is 9.18 Å². The Morgan fingerprint density at radius 1 is 1.11 bits per heavy atom. The first-order chi connectivity index (χ1) is 16.8. The topological polar surface area (TPSA) is 65.1 Å². The van der Waals surface area contributed by atoms with Gasteiger partial charge in [-0.2, -0.15) is 0 Å². The lowest BCUT2D eigenvalue weighted by molar-refractivity contribution is -0.142. The predicted octanol–water partition coefficient (Wildman–Crippen LogP) is 4.06. The SMILES string of the molecule is Bc1ccc(Oc2cc(F)cc(CC(=O)OCC)c2)c(CN2C(=O)O[C@H](c3ccccc3)[C@@H]2C)c1. The van der Waals surface area contributed by atoms with Gasteiger partial charge in [0.2, 0.25) is 0 Å². The van der Waals surface area contributed by atoms with Gasteiger partial charge in [0, 0.05) is 11.6 Å². The number of cyclic esters (lactones) is 1. The maximum Gasteiger partial charge on any atom is 0.411 e. The number of ether oxygens (including phenoxy) is 3. The Morgan fingerprint density at radius 2 is 1.89 bits per heavy atom. The highest BCUT2D eigenvalue weighted by Crippen LogP contribution is 2.35. The van der Waals surface area contributed by atoms with Crippen molar-refractivity contribution in [2.45, 2.75) is 39.0 Å². The number of amides is 1. The average molecular weight is 475 g/mol. The second-order valence-electron chi connectivity index (χ2n) is 8.57. The molecule has 1 heterocycles. The molecule has 0 aromatic heterocycles. The van der Waals surface area contributed by atoms with Crippen LogP contribution in [0.4, 0.5) is 9.18 Å². The molecule has 1 amide bonds. The number of esters is 1. The molecular formula is C27H27BFNO5. The second-order valence-corrected chi connectivity index (χ2v) is 8.57. The van der Waals surface area contributed by atoms with Crippen molar-refractivity contribution in [2.75, 3.05) is 6.61 Å². The minimum Gasteiger partial charge on any atom is -0.466 e. The smallest absolute Gasteiger partial charge is 0.411 e. The molecule has 0 bridgehead atoms. The number of rotatable bonds is 8. The van der Waals surface area contributed by atoms with Crippen LogP contribution < -0.4 is 10.2 Å². The Kier molecular flexibility index (Phi) is 7.39. The van der Waals surface area contributed by atoms with Crippen molar-refractivity contribution in [3.8, 4) is 11.5 Å². The zero-order chi connectivity index (χ0) is 24.9. The number of carbonyl (C=O) groups is 2. The molecule has 1 fully saturated rings. The lowest BCUT2D eigenvalue weighted by Gasteiger charge is -2.22. The zero-order valence-corrected chi connectivity index (χ0v) is 20.0. The monoisotopic (exact) mass is 475 g/mol. The Bertz CT molecular complexity index is 1220. The van der Waals surface area contributed by atoms with E-state index in [-0.39, 0.29) is 37.5 Å². The van der Waals surface area contributed by atoms with E-state index < -0.39 is 17.9 Å². The fourth-order valence-electron chi connectivity index (χ4n) is 4.20. The number of halogens is 1. The molecule has 1 saturated heterocycles. The van der Waals surface area contributed by atoms with Crippen LogP contribution in [-0.4, -0.2) is 37.5 Å². The molecule has 35 heavy (non-hydrogen) atoms. The predicted molar refractivity (Wildman–Crippen MR) is 132 cm³/mol. The summed E-state index contributed by atoms with van der Waals surface area (Å²) in [5.74, 6) is -0.201. The third-order valence-corrected chi connectivity index (χ3v) is 5.89. The largest absolute Gasteiger partial charge is 0.466 e. The number of carbonyl (C=O) groups excluding carboxylic acids is 2. The van der Waals surface area contributed by atoms with Gasteiger partial charge in [-0.1, -0.05) is 47.9 Å². The van der Waals surface area contributed by atoms with Gasteiger partial charge in [0.05, 0.1) is 25.6 Å². The number of hydrogen-bond donors (Lipinski definition) is 0. The van der Waals surface area contributed by atoms with Gasteiger partial charge in [-0.15, -0.1) is 0 Å². The fraction of sp³-hybridized carbons (Fsp3) is 0.259. The van der Waals surface area contributed by atoms with Crippen molar-refractivity contribution in [2.24, 2.45) is 0 Å². The van der Waals surface area contributed by atoms with E-state index in [4.69, 9.17) is 14.2 Å². The summed E-state index contributed by atoms with van der Waals surface area (Å²) in [6, 6.07) is 19.2. The van der Waals surface area contributed by atoms with Gasteiger partial charge < -0.3 is 14.2 Å². The van der Waals surface area contributed by atoms with Crippen molar-refractivity contribution in [3.63, 3.8) is 0 Å². The first kappa shape index (κ1) is 24.3. The summed E-state index contributed by atoms with van der Waals surface area (Å²) in [7, 11) is 1.95. The van der Waals surface area contributed by atoms with Crippen molar-refractivity contribution >= 4 is 25.4 Å². The Hall–Kier alpha value is -3.81. The van der Waals surface area contributed by atoms with Crippen molar-refractivity contribution < 1.29 is 28.2 Å². The third-order valence-electron chi connectivity index (χ3n) is 5.89. The van der Waals surface area contributed by atoms with Gasteiger partial charge >= 0.3 is 12.1 Å². The summed E-state index contributed by atoms with van der Waals surface area (Å²) in [5, 5.41) is 0. The highest BCUT2D eigenvalue weighted by molar-refractivity contribution is 6.32. The van der Waals surface area contributed by atoms with Gasteiger partial charge in [-0.3, -0.25) is 9.69 Å². The highest BCUT2D eigenvalue weighted by atomic mass is 19.1. The molecule has 1 aliphatic heterocycles. The molecule has 180 valence electrons. The van der Waals surface area contributed by atoms with E-state index in [1.54, 1.807) is 24.0 Å². The number of benzene rings is 3. The molecule has 4 rings (SSSR count).